The van der Waals surface area contributed by atoms with E-state index in [1.807, 2.05) is 24.3 Å². The molecule has 33 heavy (non-hydrogen) atoms. The predicted octanol–water partition coefficient (Wildman–Crippen LogP) is 5.52. The molecule has 0 saturated carbocycles. The minimum Gasteiger partial charge on any atom is -0.337 e. The summed E-state index contributed by atoms with van der Waals surface area (Å²) in [5.74, 6) is 0.0468. The summed E-state index contributed by atoms with van der Waals surface area (Å²) in [5.41, 5.74) is 3.95. The van der Waals surface area contributed by atoms with Crippen LogP contribution in [-0.4, -0.2) is 31.3 Å². The molecule has 1 aliphatic heterocycles. The zero-order chi connectivity index (χ0) is 23.2. The van der Waals surface area contributed by atoms with E-state index >= 15 is 0 Å². The van der Waals surface area contributed by atoms with E-state index in [1.165, 1.54) is 18.3 Å². The lowest BCUT2D eigenvalue weighted by atomic mass is 10.1. The van der Waals surface area contributed by atoms with Crippen LogP contribution in [0.4, 0.5) is 5.69 Å². The number of anilines is 1. The van der Waals surface area contributed by atoms with Crippen molar-refractivity contribution in [3.05, 3.63) is 89.2 Å². The van der Waals surface area contributed by atoms with Gasteiger partial charge < -0.3 is 4.90 Å². The van der Waals surface area contributed by atoms with Crippen LogP contribution in [0.2, 0.25) is 5.02 Å². The Bertz CT molecular complexity index is 1500. The second-order valence-corrected chi connectivity index (χ2v) is 10.8. The number of carbonyl (C=O) groups excluding carboxylic acids is 1. The van der Waals surface area contributed by atoms with Gasteiger partial charge in [-0.25, -0.2) is 8.42 Å². The van der Waals surface area contributed by atoms with Crippen LogP contribution in [0.3, 0.4) is 0 Å². The first-order chi connectivity index (χ1) is 15.8. The predicted molar refractivity (Wildman–Crippen MR) is 131 cm³/mol. The number of aromatic nitrogens is 1. The zero-order valence-electron chi connectivity index (χ0n) is 17.4. The molecule has 4 aromatic rings. The quantitative estimate of drug-likeness (QED) is 0.395. The van der Waals surface area contributed by atoms with Crippen LogP contribution in [0.15, 0.2) is 78.0 Å². The van der Waals surface area contributed by atoms with Gasteiger partial charge >= 0.3 is 0 Å². The summed E-state index contributed by atoms with van der Waals surface area (Å²) in [7, 11) is -2.05. The molecule has 0 bridgehead atoms. The van der Waals surface area contributed by atoms with Crippen molar-refractivity contribution < 1.29 is 13.2 Å². The summed E-state index contributed by atoms with van der Waals surface area (Å²) in [5, 5.41) is 0.152. The third kappa shape index (κ3) is 4.13. The number of thiophene rings is 1. The van der Waals surface area contributed by atoms with Crippen LogP contribution in [0.5, 0.6) is 0 Å². The molecule has 1 N–H and O–H groups in total. The van der Waals surface area contributed by atoms with Gasteiger partial charge in [0.2, 0.25) is 0 Å². The van der Waals surface area contributed by atoms with Crippen molar-refractivity contribution in [2.45, 2.75) is 11.4 Å². The number of benzene rings is 2. The van der Waals surface area contributed by atoms with Crippen LogP contribution >= 0.6 is 22.9 Å². The molecule has 0 unspecified atom stereocenters. The third-order valence-corrected chi connectivity index (χ3v) is 8.45. The maximum Gasteiger partial charge on any atom is 0.263 e. The highest BCUT2D eigenvalue weighted by Gasteiger charge is 2.24. The Labute approximate surface area is 200 Å². The first kappa shape index (κ1) is 21.6. The maximum absolute atomic E-state index is 12.8. The molecular weight excluding hydrogens is 478 g/mol. The number of carbonyl (C=O) groups is 1. The molecule has 0 aliphatic carbocycles. The molecule has 0 fully saturated rings. The molecule has 2 aromatic carbocycles. The fourth-order valence-electron chi connectivity index (χ4n) is 3.77. The summed E-state index contributed by atoms with van der Waals surface area (Å²) in [6.07, 6.45) is 3.15. The summed E-state index contributed by atoms with van der Waals surface area (Å²) in [4.78, 5) is 20.1. The second kappa shape index (κ2) is 8.30. The number of nitrogens with zero attached hydrogens (tertiary/aromatic N) is 2. The van der Waals surface area contributed by atoms with Gasteiger partial charge in [0.1, 0.15) is 4.90 Å². The van der Waals surface area contributed by atoms with Crippen LogP contribution < -0.4 is 4.72 Å². The summed E-state index contributed by atoms with van der Waals surface area (Å²) >= 11 is 7.63. The second-order valence-electron chi connectivity index (χ2n) is 7.70. The van der Waals surface area contributed by atoms with Gasteiger partial charge in [-0.3, -0.25) is 14.5 Å². The van der Waals surface area contributed by atoms with Crippen molar-refractivity contribution in [2.75, 3.05) is 11.8 Å². The number of hydrogen-bond acceptors (Lipinski definition) is 5. The van der Waals surface area contributed by atoms with Crippen molar-refractivity contribution in [1.29, 1.82) is 0 Å². The lowest BCUT2D eigenvalue weighted by molar-refractivity contribution is 0.0816. The third-order valence-electron chi connectivity index (χ3n) is 5.38. The maximum atomic E-state index is 12.8. The van der Waals surface area contributed by atoms with E-state index in [9.17, 15) is 13.2 Å². The summed E-state index contributed by atoms with van der Waals surface area (Å²) in [6, 6.07) is 17.9. The normalized spacial score (nSPS) is 13.3. The topological polar surface area (TPSA) is 79.4 Å². The summed E-state index contributed by atoms with van der Waals surface area (Å²) in [6.45, 7) is 0.609. The van der Waals surface area contributed by atoms with Gasteiger partial charge in [-0.1, -0.05) is 29.8 Å². The van der Waals surface area contributed by atoms with Gasteiger partial charge in [-0.15, -0.1) is 11.3 Å². The van der Waals surface area contributed by atoms with Gasteiger partial charge in [-0.05, 0) is 53.6 Å². The number of fused-ring (bicyclic) bond motifs is 1. The van der Waals surface area contributed by atoms with Gasteiger partial charge in [0.05, 0.1) is 16.9 Å². The molecule has 0 saturated heterocycles. The van der Waals surface area contributed by atoms with Gasteiger partial charge in [0, 0.05) is 40.7 Å². The van der Waals surface area contributed by atoms with E-state index in [4.69, 9.17) is 11.6 Å². The number of halogens is 1. The molecule has 0 atom stereocenters. The molecule has 9 heteroatoms. The largest absolute Gasteiger partial charge is 0.337 e. The van der Waals surface area contributed by atoms with Crippen LogP contribution in [-0.2, 0) is 16.6 Å². The van der Waals surface area contributed by atoms with E-state index in [2.05, 4.69) is 15.8 Å². The molecule has 1 amide bonds. The molecular formula is C24H18ClN3O3S2. The lowest BCUT2D eigenvalue weighted by Gasteiger charge is -2.10. The molecule has 0 spiro atoms. The van der Waals surface area contributed by atoms with E-state index < -0.39 is 10.0 Å². The minimum absolute atomic E-state index is 0.0104. The number of sulfonamides is 1. The number of pyridine rings is 1. The molecule has 6 nitrogen and oxygen atoms in total. The van der Waals surface area contributed by atoms with Crippen molar-refractivity contribution in [2.24, 2.45) is 0 Å². The minimum atomic E-state index is -3.85. The van der Waals surface area contributed by atoms with Gasteiger partial charge in [0.15, 0.2) is 0 Å². The SMILES string of the molecule is CN1Cc2cc(-c3ccc(-c4cncc(NS(=O)(=O)c5ccccc5Cl)c4)s3)ccc2C1=O. The van der Waals surface area contributed by atoms with Crippen molar-refractivity contribution in [1.82, 2.24) is 9.88 Å². The van der Waals surface area contributed by atoms with Crippen molar-refractivity contribution in [3.8, 4) is 20.9 Å². The zero-order valence-corrected chi connectivity index (χ0v) is 19.8. The van der Waals surface area contributed by atoms with E-state index in [-0.39, 0.29) is 15.8 Å². The van der Waals surface area contributed by atoms with Crippen molar-refractivity contribution >= 4 is 44.6 Å². The van der Waals surface area contributed by atoms with E-state index in [1.54, 1.807) is 47.7 Å². The molecule has 3 heterocycles. The molecule has 0 radical (unpaired) electrons. The van der Waals surface area contributed by atoms with Gasteiger partial charge in [-0.2, -0.15) is 0 Å². The fraction of sp³-hybridized carbons (Fsp3) is 0.0833. The fourth-order valence-corrected chi connectivity index (χ4v) is 6.31. The van der Waals surface area contributed by atoms with Crippen LogP contribution in [0, 0.1) is 0 Å². The lowest BCUT2D eigenvalue weighted by Crippen LogP contribution is -2.17. The first-order valence-corrected chi connectivity index (χ1v) is 12.7. The summed E-state index contributed by atoms with van der Waals surface area (Å²) < 4.78 is 28.1. The monoisotopic (exact) mass is 495 g/mol. The number of amides is 1. The molecule has 1 aliphatic rings. The smallest absolute Gasteiger partial charge is 0.263 e. The highest BCUT2D eigenvalue weighted by molar-refractivity contribution is 7.92. The number of hydrogen-bond donors (Lipinski definition) is 1. The first-order valence-electron chi connectivity index (χ1n) is 10.0. The Balaban J connectivity index is 1.41. The standard InChI is InChI=1S/C24H18ClN3O3S2/c1-28-14-17-10-15(6-7-19(17)24(28)29)21-8-9-22(32-21)16-11-18(13-26-12-16)27-33(30,31)23-5-3-2-4-20(23)25/h2-13,27H,14H2,1H3. The number of nitrogens with one attached hydrogen (secondary N) is 1. The average molecular weight is 496 g/mol. The van der Waals surface area contributed by atoms with Crippen molar-refractivity contribution in [3.63, 3.8) is 0 Å². The van der Waals surface area contributed by atoms with Gasteiger partial charge in [0.25, 0.3) is 15.9 Å². The Morgan fingerprint density at radius 2 is 1.76 bits per heavy atom. The molecule has 2 aromatic heterocycles. The highest BCUT2D eigenvalue weighted by atomic mass is 35.5. The Kier molecular flexibility index (Phi) is 5.44. The molecule has 5 rings (SSSR count). The van der Waals surface area contributed by atoms with Crippen LogP contribution in [0.1, 0.15) is 15.9 Å². The Morgan fingerprint density at radius 1 is 1.00 bits per heavy atom. The Hall–Kier alpha value is -3.20. The average Bonchev–Trinajstić information content (AvgIpc) is 3.39. The van der Waals surface area contributed by atoms with E-state index in [0.717, 1.165) is 32.0 Å². The number of rotatable bonds is 5. The molecule has 166 valence electrons. The Morgan fingerprint density at radius 3 is 2.55 bits per heavy atom. The van der Waals surface area contributed by atoms with Crippen LogP contribution in [0.25, 0.3) is 20.9 Å². The van der Waals surface area contributed by atoms with E-state index in [0.29, 0.717) is 12.2 Å². The highest BCUT2D eigenvalue weighted by Crippen LogP contribution is 2.37.